The van der Waals surface area contributed by atoms with E-state index in [-0.39, 0.29) is 12.0 Å². The molecule has 1 aliphatic rings. The molecule has 1 saturated heterocycles. The molecule has 7 heteroatoms. The molecule has 23 heavy (non-hydrogen) atoms. The van der Waals surface area contributed by atoms with Gasteiger partial charge in [-0.1, -0.05) is 0 Å². The smallest absolute Gasteiger partial charge is 0.409 e. The highest BCUT2D eigenvalue weighted by Gasteiger charge is 2.25. The monoisotopic (exact) mass is 316 g/mol. The Morgan fingerprint density at radius 2 is 1.91 bits per heavy atom. The van der Waals surface area contributed by atoms with E-state index in [2.05, 4.69) is 9.97 Å². The van der Waals surface area contributed by atoms with E-state index in [1.54, 1.807) is 22.8 Å². The summed E-state index contributed by atoms with van der Waals surface area (Å²) in [5, 5.41) is 0. The molecule has 0 bridgehead atoms. The van der Waals surface area contributed by atoms with Crippen molar-refractivity contribution in [2.75, 3.05) is 32.8 Å². The fourth-order valence-electron chi connectivity index (χ4n) is 2.76. The Morgan fingerprint density at radius 1 is 1.22 bits per heavy atom. The number of amides is 2. The standard InChI is InChI=1S/C16H20N4O3/c1-3-23-16(22)20-8-6-19(7-9-20)15(21)12-4-5-13-14(10-12)18-11(2)17-13/h4-5,10H,3,6-9H2,1-2H3,(H,17,18). The first kappa shape index (κ1) is 15.3. The SMILES string of the molecule is CCOC(=O)N1CCN(C(=O)c2ccc3nc(C)[nH]c3c2)CC1. The van der Waals surface area contributed by atoms with Crippen molar-refractivity contribution in [3.05, 3.63) is 29.6 Å². The van der Waals surface area contributed by atoms with Gasteiger partial charge in [-0.15, -0.1) is 0 Å². The second-order valence-corrected chi connectivity index (χ2v) is 5.53. The van der Waals surface area contributed by atoms with E-state index in [1.165, 1.54) is 0 Å². The van der Waals surface area contributed by atoms with Crippen LogP contribution >= 0.6 is 0 Å². The average Bonchev–Trinajstić information content (AvgIpc) is 2.93. The topological polar surface area (TPSA) is 78.5 Å². The zero-order chi connectivity index (χ0) is 16.4. The molecule has 0 unspecified atom stereocenters. The maximum atomic E-state index is 12.6. The third-order valence-electron chi connectivity index (χ3n) is 3.94. The molecule has 7 nitrogen and oxygen atoms in total. The minimum Gasteiger partial charge on any atom is -0.450 e. The summed E-state index contributed by atoms with van der Waals surface area (Å²) in [5.74, 6) is 0.801. The number of fused-ring (bicyclic) bond motifs is 1. The summed E-state index contributed by atoms with van der Waals surface area (Å²) in [4.78, 5) is 35.2. The first-order valence-electron chi connectivity index (χ1n) is 7.76. The third kappa shape index (κ3) is 3.13. The predicted molar refractivity (Wildman–Crippen MR) is 85.3 cm³/mol. The molecule has 0 spiro atoms. The van der Waals surface area contributed by atoms with Gasteiger partial charge in [0, 0.05) is 31.7 Å². The van der Waals surface area contributed by atoms with Crippen LogP contribution in [0, 0.1) is 6.92 Å². The molecule has 122 valence electrons. The minimum atomic E-state index is -0.311. The highest BCUT2D eigenvalue weighted by Crippen LogP contribution is 2.16. The lowest BCUT2D eigenvalue weighted by Crippen LogP contribution is -2.50. The molecule has 1 aromatic carbocycles. The van der Waals surface area contributed by atoms with E-state index in [9.17, 15) is 9.59 Å². The van der Waals surface area contributed by atoms with Crippen LogP contribution in [-0.2, 0) is 4.74 Å². The summed E-state index contributed by atoms with van der Waals surface area (Å²) in [6.07, 6.45) is -0.311. The number of aryl methyl sites for hydroxylation is 1. The molecule has 2 aromatic rings. The number of hydrogen-bond donors (Lipinski definition) is 1. The quantitative estimate of drug-likeness (QED) is 0.916. The van der Waals surface area contributed by atoms with Gasteiger partial charge in [0.1, 0.15) is 5.82 Å². The zero-order valence-corrected chi connectivity index (χ0v) is 13.3. The Kier molecular flexibility index (Phi) is 4.18. The lowest BCUT2D eigenvalue weighted by molar-refractivity contribution is 0.0570. The van der Waals surface area contributed by atoms with Crippen LogP contribution in [0.4, 0.5) is 4.79 Å². The van der Waals surface area contributed by atoms with Gasteiger partial charge >= 0.3 is 6.09 Å². The van der Waals surface area contributed by atoms with Crippen LogP contribution in [0.5, 0.6) is 0 Å². The van der Waals surface area contributed by atoms with Crippen LogP contribution in [0.2, 0.25) is 0 Å². The largest absolute Gasteiger partial charge is 0.450 e. The molecular formula is C16H20N4O3. The number of nitrogens with one attached hydrogen (secondary N) is 1. The second-order valence-electron chi connectivity index (χ2n) is 5.53. The first-order valence-corrected chi connectivity index (χ1v) is 7.76. The van der Waals surface area contributed by atoms with Crippen LogP contribution in [-0.4, -0.2) is 64.6 Å². The van der Waals surface area contributed by atoms with Crippen molar-refractivity contribution in [2.24, 2.45) is 0 Å². The number of ether oxygens (including phenoxy) is 1. The second kappa shape index (κ2) is 6.28. The number of benzene rings is 1. The van der Waals surface area contributed by atoms with Gasteiger partial charge in [-0.05, 0) is 32.0 Å². The molecule has 2 heterocycles. The van der Waals surface area contributed by atoms with E-state index >= 15 is 0 Å². The van der Waals surface area contributed by atoms with E-state index in [0.717, 1.165) is 16.9 Å². The number of carbonyl (C=O) groups is 2. The van der Waals surface area contributed by atoms with E-state index in [1.807, 2.05) is 19.1 Å². The summed E-state index contributed by atoms with van der Waals surface area (Å²) in [6, 6.07) is 5.47. The van der Waals surface area contributed by atoms with Crippen LogP contribution in [0.1, 0.15) is 23.1 Å². The van der Waals surface area contributed by atoms with Gasteiger partial charge in [0.05, 0.1) is 17.6 Å². The van der Waals surface area contributed by atoms with Gasteiger partial charge < -0.3 is 19.5 Å². The number of carbonyl (C=O) groups excluding carboxylic acids is 2. The minimum absolute atomic E-state index is 0.0253. The van der Waals surface area contributed by atoms with Crippen molar-refractivity contribution in [2.45, 2.75) is 13.8 Å². The first-order chi connectivity index (χ1) is 11.1. The molecular weight excluding hydrogens is 296 g/mol. The van der Waals surface area contributed by atoms with Crippen LogP contribution in [0.3, 0.4) is 0 Å². The molecule has 1 N–H and O–H groups in total. The molecule has 1 aromatic heterocycles. The Labute approximate surface area is 134 Å². The van der Waals surface area contributed by atoms with Gasteiger partial charge in [0.25, 0.3) is 5.91 Å². The summed E-state index contributed by atoms with van der Waals surface area (Å²) >= 11 is 0. The molecule has 0 radical (unpaired) electrons. The number of aromatic amines is 1. The summed E-state index contributed by atoms with van der Waals surface area (Å²) < 4.78 is 4.98. The van der Waals surface area contributed by atoms with Crippen molar-refractivity contribution in [3.8, 4) is 0 Å². The molecule has 1 fully saturated rings. The van der Waals surface area contributed by atoms with Gasteiger partial charge in [-0.3, -0.25) is 4.79 Å². The number of piperazine rings is 1. The van der Waals surface area contributed by atoms with Crippen molar-refractivity contribution in [1.82, 2.24) is 19.8 Å². The van der Waals surface area contributed by atoms with Gasteiger partial charge in [-0.25, -0.2) is 9.78 Å². The molecule has 1 aliphatic heterocycles. The van der Waals surface area contributed by atoms with E-state index < -0.39 is 0 Å². The lowest BCUT2D eigenvalue weighted by atomic mass is 10.1. The molecule has 0 aliphatic carbocycles. The lowest BCUT2D eigenvalue weighted by Gasteiger charge is -2.34. The van der Waals surface area contributed by atoms with Crippen molar-refractivity contribution in [3.63, 3.8) is 0 Å². The van der Waals surface area contributed by atoms with Gasteiger partial charge in [-0.2, -0.15) is 0 Å². The highest BCUT2D eigenvalue weighted by atomic mass is 16.6. The predicted octanol–water partition coefficient (Wildman–Crippen LogP) is 1.79. The maximum absolute atomic E-state index is 12.6. The Balaban J connectivity index is 1.67. The maximum Gasteiger partial charge on any atom is 0.409 e. The fraction of sp³-hybridized carbons (Fsp3) is 0.438. The number of aromatic nitrogens is 2. The fourth-order valence-corrected chi connectivity index (χ4v) is 2.76. The van der Waals surface area contributed by atoms with Crippen molar-refractivity contribution < 1.29 is 14.3 Å². The van der Waals surface area contributed by atoms with Crippen LogP contribution in [0.15, 0.2) is 18.2 Å². The summed E-state index contributed by atoms with van der Waals surface area (Å²) in [6.45, 7) is 6.05. The summed E-state index contributed by atoms with van der Waals surface area (Å²) in [7, 11) is 0. The highest BCUT2D eigenvalue weighted by molar-refractivity contribution is 5.97. The van der Waals surface area contributed by atoms with Crippen molar-refractivity contribution >= 4 is 23.0 Å². The average molecular weight is 316 g/mol. The number of nitrogens with zero attached hydrogens (tertiary/aromatic N) is 3. The Bertz CT molecular complexity index is 732. The molecule has 2 amide bonds. The van der Waals surface area contributed by atoms with Gasteiger partial charge in [0.2, 0.25) is 0 Å². The van der Waals surface area contributed by atoms with Crippen LogP contribution < -0.4 is 0 Å². The molecule has 3 rings (SSSR count). The summed E-state index contributed by atoms with van der Waals surface area (Å²) in [5.41, 5.74) is 2.34. The van der Waals surface area contributed by atoms with Crippen LogP contribution in [0.25, 0.3) is 11.0 Å². The number of hydrogen-bond acceptors (Lipinski definition) is 4. The number of imidazole rings is 1. The Morgan fingerprint density at radius 3 is 2.61 bits per heavy atom. The third-order valence-corrected chi connectivity index (χ3v) is 3.94. The van der Waals surface area contributed by atoms with E-state index in [0.29, 0.717) is 38.3 Å². The van der Waals surface area contributed by atoms with Crippen molar-refractivity contribution in [1.29, 1.82) is 0 Å². The number of H-pyrrole nitrogens is 1. The van der Waals surface area contributed by atoms with E-state index in [4.69, 9.17) is 4.74 Å². The zero-order valence-electron chi connectivity index (χ0n) is 13.3. The molecule has 0 saturated carbocycles. The Hall–Kier alpha value is -2.57. The number of rotatable bonds is 2. The van der Waals surface area contributed by atoms with Gasteiger partial charge in [0.15, 0.2) is 0 Å². The molecule has 0 atom stereocenters. The normalized spacial score (nSPS) is 15.0.